The quantitative estimate of drug-likeness (QED) is 0.331. The number of aromatic nitrogens is 2. The van der Waals surface area contributed by atoms with Crippen LogP contribution in [0.1, 0.15) is 4.88 Å². The van der Waals surface area contributed by atoms with Crippen molar-refractivity contribution in [2.45, 2.75) is 11.4 Å². The molecule has 3 heterocycles. The lowest BCUT2D eigenvalue weighted by atomic mass is 10.2. The van der Waals surface area contributed by atoms with Gasteiger partial charge in [0.1, 0.15) is 17.2 Å². The minimum atomic E-state index is -0.258. The third-order valence-corrected chi connectivity index (χ3v) is 7.26. The molecule has 1 aromatic carbocycles. The molecule has 8 heteroatoms. The first-order chi connectivity index (χ1) is 13.7. The lowest BCUT2D eigenvalue weighted by molar-refractivity contribution is -0.118. The van der Waals surface area contributed by atoms with Crippen LogP contribution in [0.5, 0.6) is 0 Å². The molecule has 4 aromatic rings. The van der Waals surface area contributed by atoms with Crippen molar-refractivity contribution in [1.82, 2.24) is 15.3 Å². The highest BCUT2D eigenvalue weighted by molar-refractivity contribution is 8.00. The predicted molar refractivity (Wildman–Crippen MR) is 115 cm³/mol. The van der Waals surface area contributed by atoms with Gasteiger partial charge < -0.3 is 5.32 Å². The molecule has 4 rings (SSSR count). The van der Waals surface area contributed by atoms with Gasteiger partial charge in [-0.3, -0.25) is 4.79 Å². The van der Waals surface area contributed by atoms with Crippen molar-refractivity contribution in [3.8, 4) is 10.4 Å². The fourth-order valence-electron chi connectivity index (χ4n) is 2.66. The number of halogens is 1. The Morgan fingerprint density at radius 1 is 1.18 bits per heavy atom. The molecule has 0 fully saturated rings. The lowest BCUT2D eigenvalue weighted by Crippen LogP contribution is -2.27. The first kappa shape index (κ1) is 19.0. The molecular formula is C20H16FN3OS3. The topological polar surface area (TPSA) is 54.9 Å². The van der Waals surface area contributed by atoms with E-state index in [4.69, 9.17) is 0 Å². The minimum absolute atomic E-state index is 0.0105. The molecule has 1 amide bonds. The Morgan fingerprint density at radius 2 is 2.04 bits per heavy atom. The van der Waals surface area contributed by atoms with Crippen molar-refractivity contribution in [3.63, 3.8) is 0 Å². The number of thioether (sulfide) groups is 1. The maximum absolute atomic E-state index is 13.2. The van der Waals surface area contributed by atoms with E-state index in [0.717, 1.165) is 32.1 Å². The van der Waals surface area contributed by atoms with Crippen molar-refractivity contribution in [1.29, 1.82) is 0 Å². The summed E-state index contributed by atoms with van der Waals surface area (Å²) < 4.78 is 14.1. The number of carbonyl (C=O) groups is 1. The highest BCUT2D eigenvalue weighted by Gasteiger charge is 2.12. The van der Waals surface area contributed by atoms with E-state index in [1.165, 1.54) is 35.1 Å². The average Bonchev–Trinajstić information content (AvgIpc) is 3.36. The van der Waals surface area contributed by atoms with Crippen LogP contribution in [0, 0.1) is 5.82 Å². The summed E-state index contributed by atoms with van der Waals surface area (Å²) >= 11 is 4.65. The van der Waals surface area contributed by atoms with Crippen LogP contribution in [0.3, 0.4) is 0 Å². The summed E-state index contributed by atoms with van der Waals surface area (Å²) in [4.78, 5) is 23.1. The van der Waals surface area contributed by atoms with Crippen LogP contribution in [0.15, 0.2) is 59.2 Å². The van der Waals surface area contributed by atoms with E-state index in [-0.39, 0.29) is 11.7 Å². The van der Waals surface area contributed by atoms with E-state index in [0.29, 0.717) is 12.3 Å². The van der Waals surface area contributed by atoms with Crippen LogP contribution in [-0.2, 0) is 11.2 Å². The summed E-state index contributed by atoms with van der Waals surface area (Å²) in [6, 6.07) is 12.4. The van der Waals surface area contributed by atoms with Crippen LogP contribution in [0.25, 0.3) is 20.7 Å². The Morgan fingerprint density at radius 3 is 2.82 bits per heavy atom. The molecule has 0 unspecified atom stereocenters. The largest absolute Gasteiger partial charge is 0.355 e. The van der Waals surface area contributed by atoms with Crippen molar-refractivity contribution >= 4 is 50.6 Å². The zero-order chi connectivity index (χ0) is 19.3. The number of thiophene rings is 2. The number of hydrogen-bond donors (Lipinski definition) is 1. The molecule has 4 nitrogen and oxygen atoms in total. The summed E-state index contributed by atoms with van der Waals surface area (Å²) in [7, 11) is 0. The van der Waals surface area contributed by atoms with Gasteiger partial charge in [0, 0.05) is 16.3 Å². The first-order valence-electron chi connectivity index (χ1n) is 8.61. The van der Waals surface area contributed by atoms with E-state index >= 15 is 0 Å². The Kier molecular flexibility index (Phi) is 5.99. The third-order valence-electron chi connectivity index (χ3n) is 4.02. The lowest BCUT2D eigenvalue weighted by Gasteiger charge is -2.04. The second-order valence-electron chi connectivity index (χ2n) is 5.98. The van der Waals surface area contributed by atoms with Gasteiger partial charge in [-0.1, -0.05) is 30.0 Å². The second-order valence-corrected chi connectivity index (χ2v) is 9.03. The molecular weight excluding hydrogens is 413 g/mol. The summed E-state index contributed by atoms with van der Waals surface area (Å²) in [5, 5.41) is 5.77. The van der Waals surface area contributed by atoms with E-state index in [9.17, 15) is 9.18 Å². The number of benzene rings is 1. The van der Waals surface area contributed by atoms with Crippen molar-refractivity contribution < 1.29 is 9.18 Å². The number of carbonyl (C=O) groups excluding carboxylic acids is 1. The van der Waals surface area contributed by atoms with Gasteiger partial charge in [0.25, 0.3) is 0 Å². The van der Waals surface area contributed by atoms with Gasteiger partial charge in [-0.05, 0) is 41.6 Å². The molecule has 0 saturated carbocycles. The molecule has 0 atom stereocenters. The van der Waals surface area contributed by atoms with Crippen LogP contribution >= 0.6 is 34.4 Å². The number of hydrogen-bond acceptors (Lipinski definition) is 6. The molecule has 3 aromatic heterocycles. The van der Waals surface area contributed by atoms with Gasteiger partial charge in [-0.2, -0.15) is 0 Å². The SMILES string of the molecule is O=C(CSc1ncnc2cc(-c3ccc(F)cc3)sc12)NCCc1cccs1. The van der Waals surface area contributed by atoms with E-state index in [1.54, 1.807) is 34.8 Å². The number of nitrogens with zero attached hydrogens (tertiary/aromatic N) is 2. The molecule has 0 aliphatic carbocycles. The predicted octanol–water partition coefficient (Wildman–Crippen LogP) is 5.01. The number of amides is 1. The summed E-state index contributed by atoms with van der Waals surface area (Å²) in [6.45, 7) is 0.632. The van der Waals surface area contributed by atoms with Crippen LogP contribution < -0.4 is 5.32 Å². The molecule has 142 valence electrons. The minimum Gasteiger partial charge on any atom is -0.355 e. The van der Waals surface area contributed by atoms with Crippen molar-refractivity contribution in [3.05, 3.63) is 64.9 Å². The first-order valence-corrected chi connectivity index (χ1v) is 11.3. The van der Waals surface area contributed by atoms with Crippen molar-refractivity contribution in [2.24, 2.45) is 0 Å². The van der Waals surface area contributed by atoms with E-state index in [2.05, 4.69) is 21.4 Å². The monoisotopic (exact) mass is 429 g/mol. The van der Waals surface area contributed by atoms with Crippen LogP contribution in [-0.4, -0.2) is 28.2 Å². The highest BCUT2D eigenvalue weighted by atomic mass is 32.2. The Labute approximate surface area is 173 Å². The Bertz CT molecular complexity index is 1080. The molecule has 28 heavy (non-hydrogen) atoms. The molecule has 0 aliphatic heterocycles. The Hall–Kier alpha value is -2.29. The summed E-state index contributed by atoms with van der Waals surface area (Å²) in [6.07, 6.45) is 2.36. The fourth-order valence-corrected chi connectivity index (χ4v) is 5.40. The van der Waals surface area contributed by atoms with Crippen molar-refractivity contribution in [2.75, 3.05) is 12.3 Å². The summed E-state index contributed by atoms with van der Waals surface area (Å²) in [5.41, 5.74) is 1.77. The smallest absolute Gasteiger partial charge is 0.230 e. The Balaban J connectivity index is 1.40. The standard InChI is InChI=1S/C20H16FN3OS3/c21-14-5-3-13(4-6-14)17-10-16-19(28-17)20(24-12-23-16)27-11-18(25)22-8-7-15-2-1-9-26-15/h1-6,9-10,12H,7-8,11H2,(H,22,25). The number of fused-ring (bicyclic) bond motifs is 1. The van der Waals surface area contributed by atoms with Gasteiger partial charge >= 0.3 is 0 Å². The third kappa shape index (κ3) is 4.57. The van der Waals surface area contributed by atoms with Gasteiger partial charge in [0.05, 0.1) is 16.0 Å². The zero-order valence-electron chi connectivity index (χ0n) is 14.7. The van der Waals surface area contributed by atoms with E-state index < -0.39 is 0 Å². The zero-order valence-corrected chi connectivity index (χ0v) is 17.2. The molecule has 0 radical (unpaired) electrons. The van der Waals surface area contributed by atoms with Gasteiger partial charge in [-0.15, -0.1) is 22.7 Å². The maximum Gasteiger partial charge on any atom is 0.230 e. The second kappa shape index (κ2) is 8.81. The van der Waals surface area contributed by atoms with Gasteiger partial charge in [0.15, 0.2) is 0 Å². The molecule has 0 bridgehead atoms. The average molecular weight is 430 g/mol. The molecule has 0 spiro atoms. The summed E-state index contributed by atoms with van der Waals surface area (Å²) in [5.74, 6) is 0.0370. The highest BCUT2D eigenvalue weighted by Crippen LogP contribution is 2.36. The van der Waals surface area contributed by atoms with E-state index in [1.807, 2.05) is 17.5 Å². The van der Waals surface area contributed by atoms with Gasteiger partial charge in [0.2, 0.25) is 5.91 Å². The number of rotatable bonds is 7. The fraction of sp³-hybridized carbons (Fsp3) is 0.150. The van der Waals surface area contributed by atoms with Gasteiger partial charge in [-0.25, -0.2) is 14.4 Å². The van der Waals surface area contributed by atoms with Crippen LogP contribution in [0.4, 0.5) is 4.39 Å². The number of nitrogens with one attached hydrogen (secondary N) is 1. The molecule has 0 saturated heterocycles. The maximum atomic E-state index is 13.2. The molecule has 1 N–H and O–H groups in total. The molecule has 0 aliphatic rings. The van der Waals surface area contributed by atoms with Crippen LogP contribution in [0.2, 0.25) is 0 Å². The normalized spacial score (nSPS) is 11.0.